The molecule has 2 rings (SSSR count). The summed E-state index contributed by atoms with van der Waals surface area (Å²) in [5.41, 5.74) is -0.379. The molecule has 0 saturated carbocycles. The fourth-order valence-electron chi connectivity index (χ4n) is 1.45. The third kappa shape index (κ3) is 2.42. The number of benzene rings is 1. The first-order chi connectivity index (χ1) is 8.58. The fourth-order valence-corrected chi connectivity index (χ4v) is 1.45. The molecule has 2 aromatic rings. The number of H-pyrrole nitrogens is 1. The summed E-state index contributed by atoms with van der Waals surface area (Å²) in [6, 6.07) is 2.88. The molecule has 2 N–H and O–H groups in total. The van der Waals surface area contributed by atoms with Gasteiger partial charge in [-0.15, -0.1) is 0 Å². The molecule has 8 heteroatoms. The third-order valence-corrected chi connectivity index (χ3v) is 2.24. The van der Waals surface area contributed by atoms with E-state index >= 15 is 0 Å². The molecular formula is C10H8F2N4O2. The lowest BCUT2D eigenvalue weighted by Crippen LogP contribution is -2.06. The second-order valence-electron chi connectivity index (χ2n) is 3.47. The van der Waals surface area contributed by atoms with Crippen molar-refractivity contribution in [2.45, 2.75) is 6.54 Å². The van der Waals surface area contributed by atoms with Crippen LogP contribution in [0.3, 0.4) is 0 Å². The van der Waals surface area contributed by atoms with Crippen LogP contribution in [-0.2, 0) is 6.54 Å². The van der Waals surface area contributed by atoms with Gasteiger partial charge in [0, 0.05) is 12.3 Å². The smallest absolute Gasteiger partial charge is 0.298 e. The van der Waals surface area contributed by atoms with Crippen LogP contribution in [0, 0.1) is 21.7 Å². The second-order valence-corrected chi connectivity index (χ2v) is 3.47. The quantitative estimate of drug-likeness (QED) is 0.647. The highest BCUT2D eigenvalue weighted by atomic mass is 19.1. The number of aromatic nitrogens is 2. The van der Waals surface area contributed by atoms with Crippen LogP contribution < -0.4 is 5.32 Å². The average Bonchev–Trinajstić information content (AvgIpc) is 2.79. The molecule has 0 aliphatic heterocycles. The van der Waals surface area contributed by atoms with E-state index in [0.717, 1.165) is 0 Å². The molecule has 0 atom stereocenters. The second kappa shape index (κ2) is 4.78. The maximum Gasteiger partial charge on any atom is 0.298 e. The number of rotatable bonds is 4. The Bertz CT molecular complexity index is 572. The van der Waals surface area contributed by atoms with E-state index in [4.69, 9.17) is 0 Å². The molecule has 0 saturated heterocycles. The van der Waals surface area contributed by atoms with Gasteiger partial charge in [0.05, 0.1) is 23.2 Å². The van der Waals surface area contributed by atoms with Gasteiger partial charge in [0.2, 0.25) is 0 Å². The van der Waals surface area contributed by atoms with Gasteiger partial charge in [0.15, 0.2) is 5.82 Å². The topological polar surface area (TPSA) is 83.8 Å². The van der Waals surface area contributed by atoms with Crippen LogP contribution in [0.1, 0.15) is 5.69 Å². The molecule has 0 aliphatic rings. The van der Waals surface area contributed by atoms with E-state index in [1.807, 2.05) is 0 Å². The molecule has 0 amide bonds. The maximum absolute atomic E-state index is 13.5. The molecule has 0 bridgehead atoms. The number of halogens is 2. The Balaban J connectivity index is 2.28. The predicted octanol–water partition coefficient (Wildman–Crippen LogP) is 2.21. The molecule has 18 heavy (non-hydrogen) atoms. The maximum atomic E-state index is 13.5. The van der Waals surface area contributed by atoms with E-state index in [0.29, 0.717) is 17.8 Å². The van der Waals surface area contributed by atoms with Gasteiger partial charge in [-0.3, -0.25) is 15.2 Å². The Morgan fingerprint density at radius 2 is 2.22 bits per heavy atom. The summed E-state index contributed by atoms with van der Waals surface area (Å²) < 4.78 is 26.4. The first-order valence-electron chi connectivity index (χ1n) is 4.93. The van der Waals surface area contributed by atoms with E-state index < -0.39 is 22.2 Å². The summed E-state index contributed by atoms with van der Waals surface area (Å²) in [5.74, 6) is -2.01. The largest absolute Gasteiger partial charge is 0.371 e. The number of anilines is 1. The average molecular weight is 254 g/mol. The first kappa shape index (κ1) is 12.0. The summed E-state index contributed by atoms with van der Waals surface area (Å²) in [6.07, 6.45) is 1.49. The van der Waals surface area contributed by atoms with Gasteiger partial charge in [0.1, 0.15) is 11.5 Å². The highest BCUT2D eigenvalue weighted by molar-refractivity contribution is 5.62. The van der Waals surface area contributed by atoms with Crippen molar-refractivity contribution in [3.8, 4) is 0 Å². The van der Waals surface area contributed by atoms with Gasteiger partial charge in [-0.05, 0) is 6.07 Å². The SMILES string of the molecule is O=[N+]([O-])c1cc(F)cc(F)c1NCc1ccn[nH]1. The summed E-state index contributed by atoms with van der Waals surface area (Å²) in [7, 11) is 0. The molecule has 0 unspecified atom stereocenters. The van der Waals surface area contributed by atoms with Crippen LogP contribution in [0.15, 0.2) is 24.4 Å². The van der Waals surface area contributed by atoms with Gasteiger partial charge in [-0.1, -0.05) is 0 Å². The Morgan fingerprint density at radius 3 is 2.83 bits per heavy atom. The number of nitro benzene ring substituents is 1. The monoisotopic (exact) mass is 254 g/mol. The zero-order valence-corrected chi connectivity index (χ0v) is 8.98. The van der Waals surface area contributed by atoms with Crippen LogP contribution >= 0.6 is 0 Å². The number of hydrogen-bond acceptors (Lipinski definition) is 4. The minimum Gasteiger partial charge on any atom is -0.371 e. The van der Waals surface area contributed by atoms with Crippen molar-refractivity contribution < 1.29 is 13.7 Å². The Labute approximate surface area is 99.8 Å². The molecule has 1 aromatic heterocycles. The summed E-state index contributed by atoms with van der Waals surface area (Å²) >= 11 is 0. The van der Waals surface area contributed by atoms with Gasteiger partial charge in [-0.25, -0.2) is 8.78 Å². The van der Waals surface area contributed by atoms with Crippen LogP contribution in [0.25, 0.3) is 0 Å². The normalized spacial score (nSPS) is 10.3. The van der Waals surface area contributed by atoms with Crippen LogP contribution in [-0.4, -0.2) is 15.1 Å². The molecule has 6 nitrogen and oxygen atoms in total. The molecule has 0 spiro atoms. The van der Waals surface area contributed by atoms with Gasteiger partial charge >= 0.3 is 0 Å². The third-order valence-electron chi connectivity index (χ3n) is 2.24. The number of aromatic amines is 1. The van der Waals surface area contributed by atoms with Crippen molar-refractivity contribution >= 4 is 11.4 Å². The predicted molar refractivity (Wildman–Crippen MR) is 58.9 cm³/mol. The zero-order valence-electron chi connectivity index (χ0n) is 8.98. The molecular weight excluding hydrogens is 246 g/mol. The number of nitrogens with zero attached hydrogens (tertiary/aromatic N) is 2. The van der Waals surface area contributed by atoms with Crippen molar-refractivity contribution in [3.05, 3.63) is 51.8 Å². The standard InChI is InChI=1S/C10H8F2N4O2/c11-6-3-8(12)10(9(4-6)16(17)18)13-5-7-1-2-14-15-7/h1-4,13H,5H2,(H,14,15). The Hall–Kier alpha value is -2.51. The fraction of sp³-hybridized carbons (Fsp3) is 0.100. The van der Waals surface area contributed by atoms with Crippen molar-refractivity contribution in [1.29, 1.82) is 0 Å². The van der Waals surface area contributed by atoms with E-state index in [2.05, 4.69) is 15.5 Å². The minimum absolute atomic E-state index is 0.114. The summed E-state index contributed by atoms with van der Waals surface area (Å²) in [5, 5.41) is 19.5. The van der Waals surface area contributed by atoms with E-state index in [1.54, 1.807) is 6.07 Å². The number of hydrogen-bond donors (Lipinski definition) is 2. The first-order valence-corrected chi connectivity index (χ1v) is 4.93. The van der Waals surface area contributed by atoms with Crippen molar-refractivity contribution in [2.24, 2.45) is 0 Å². The molecule has 0 aliphatic carbocycles. The molecule has 0 fully saturated rings. The van der Waals surface area contributed by atoms with Crippen LogP contribution in [0.4, 0.5) is 20.2 Å². The van der Waals surface area contributed by atoms with Crippen LogP contribution in [0.5, 0.6) is 0 Å². The lowest BCUT2D eigenvalue weighted by molar-refractivity contribution is -0.384. The number of nitro groups is 1. The highest BCUT2D eigenvalue weighted by Crippen LogP contribution is 2.28. The number of nitrogens with one attached hydrogen (secondary N) is 2. The van der Waals surface area contributed by atoms with E-state index in [1.165, 1.54) is 6.20 Å². The molecule has 1 aromatic carbocycles. The van der Waals surface area contributed by atoms with Crippen molar-refractivity contribution in [2.75, 3.05) is 5.32 Å². The zero-order chi connectivity index (χ0) is 13.1. The van der Waals surface area contributed by atoms with Crippen LogP contribution in [0.2, 0.25) is 0 Å². The molecule has 1 heterocycles. The summed E-state index contributed by atoms with van der Waals surface area (Å²) in [4.78, 5) is 9.85. The Morgan fingerprint density at radius 1 is 1.44 bits per heavy atom. The van der Waals surface area contributed by atoms with Gasteiger partial charge < -0.3 is 5.32 Å². The summed E-state index contributed by atoms with van der Waals surface area (Å²) in [6.45, 7) is 0.114. The van der Waals surface area contributed by atoms with Crippen molar-refractivity contribution in [1.82, 2.24) is 10.2 Å². The lowest BCUT2D eigenvalue weighted by atomic mass is 10.2. The van der Waals surface area contributed by atoms with Gasteiger partial charge in [-0.2, -0.15) is 5.10 Å². The Kier molecular flexibility index (Phi) is 3.18. The molecule has 0 radical (unpaired) electrons. The van der Waals surface area contributed by atoms with E-state index in [9.17, 15) is 18.9 Å². The highest BCUT2D eigenvalue weighted by Gasteiger charge is 2.20. The lowest BCUT2D eigenvalue weighted by Gasteiger charge is -2.07. The van der Waals surface area contributed by atoms with Crippen molar-refractivity contribution in [3.63, 3.8) is 0 Å². The minimum atomic E-state index is -1.01. The molecule has 94 valence electrons. The van der Waals surface area contributed by atoms with E-state index in [-0.39, 0.29) is 12.2 Å². The van der Waals surface area contributed by atoms with Gasteiger partial charge in [0.25, 0.3) is 5.69 Å².